The van der Waals surface area contributed by atoms with Crippen molar-refractivity contribution in [1.82, 2.24) is 5.43 Å². The molecule has 8 heteroatoms. The molecule has 3 N–H and O–H groups in total. The van der Waals surface area contributed by atoms with E-state index in [2.05, 4.69) is 15.8 Å². The zero-order valence-corrected chi connectivity index (χ0v) is 14.2. The Labute approximate surface area is 149 Å². The molecule has 2 rings (SSSR count). The zero-order chi connectivity index (χ0) is 18.9. The minimum absolute atomic E-state index is 0.0360. The fraction of sp³-hybridized carbons (Fsp3) is 0.222. The van der Waals surface area contributed by atoms with Gasteiger partial charge in [0.15, 0.2) is 5.76 Å². The molecule has 1 aromatic heterocycles. The van der Waals surface area contributed by atoms with Crippen LogP contribution in [0, 0.1) is 0 Å². The van der Waals surface area contributed by atoms with E-state index in [0.29, 0.717) is 17.8 Å². The second-order valence-corrected chi connectivity index (χ2v) is 5.49. The topological polar surface area (TPSA) is 121 Å². The van der Waals surface area contributed by atoms with Crippen molar-refractivity contribution in [2.75, 3.05) is 5.32 Å². The summed E-state index contributed by atoms with van der Waals surface area (Å²) in [6, 6.07) is 10.1. The van der Waals surface area contributed by atoms with Crippen molar-refractivity contribution >= 4 is 29.2 Å². The first-order chi connectivity index (χ1) is 12.5. The number of hydrogen-bond donors (Lipinski definition) is 3. The summed E-state index contributed by atoms with van der Waals surface area (Å²) in [7, 11) is 0. The Morgan fingerprint density at radius 2 is 1.85 bits per heavy atom. The van der Waals surface area contributed by atoms with Gasteiger partial charge in [0.05, 0.1) is 12.0 Å². The van der Waals surface area contributed by atoms with Crippen molar-refractivity contribution in [1.29, 1.82) is 0 Å². The maximum atomic E-state index is 11.7. The van der Waals surface area contributed by atoms with Gasteiger partial charge >= 0.3 is 11.9 Å². The Morgan fingerprint density at radius 3 is 2.46 bits per heavy atom. The number of rotatable bonds is 8. The number of carboxylic acid groups (broad SMARTS) is 1. The van der Waals surface area contributed by atoms with Crippen LogP contribution in [0.3, 0.4) is 0 Å². The summed E-state index contributed by atoms with van der Waals surface area (Å²) >= 11 is 0. The van der Waals surface area contributed by atoms with Crippen LogP contribution in [-0.2, 0) is 9.59 Å². The molecule has 0 unspecified atom stereocenters. The number of carbonyl (C=O) groups excluding carboxylic acids is 2. The van der Waals surface area contributed by atoms with Crippen molar-refractivity contribution in [3.8, 4) is 0 Å². The molecule has 0 atom stereocenters. The van der Waals surface area contributed by atoms with Crippen molar-refractivity contribution < 1.29 is 23.9 Å². The van der Waals surface area contributed by atoms with Gasteiger partial charge in [0.2, 0.25) is 5.91 Å². The molecule has 8 nitrogen and oxygen atoms in total. The lowest BCUT2D eigenvalue weighted by molar-refractivity contribution is -0.137. The molecule has 0 fully saturated rings. The number of nitrogens with one attached hydrogen (secondary N) is 2. The number of furan rings is 1. The first-order valence-electron chi connectivity index (χ1n) is 7.96. The van der Waals surface area contributed by atoms with Crippen LogP contribution in [0.25, 0.3) is 0 Å². The second-order valence-electron chi connectivity index (χ2n) is 5.49. The summed E-state index contributed by atoms with van der Waals surface area (Å²) in [6.45, 7) is 1.74. The van der Waals surface area contributed by atoms with E-state index in [1.807, 2.05) is 0 Å². The molecule has 1 heterocycles. The van der Waals surface area contributed by atoms with E-state index in [1.165, 1.54) is 12.3 Å². The van der Waals surface area contributed by atoms with E-state index >= 15 is 0 Å². The summed E-state index contributed by atoms with van der Waals surface area (Å²) in [5.74, 6) is -1.44. The molecule has 2 amide bonds. The van der Waals surface area contributed by atoms with Gasteiger partial charge in [0, 0.05) is 18.5 Å². The number of carboxylic acids is 1. The van der Waals surface area contributed by atoms with Gasteiger partial charge in [-0.05, 0) is 43.2 Å². The van der Waals surface area contributed by atoms with E-state index < -0.39 is 11.9 Å². The SMILES string of the molecule is CC(=NNC(=O)c1ccco1)c1ccc(NC(=O)CCCC(=O)O)cc1. The summed E-state index contributed by atoms with van der Waals surface area (Å²) in [4.78, 5) is 33.9. The molecule has 1 aromatic carbocycles. The van der Waals surface area contributed by atoms with Crippen molar-refractivity contribution in [3.05, 3.63) is 54.0 Å². The molecule has 0 aliphatic rings. The van der Waals surface area contributed by atoms with Crippen LogP contribution in [0.1, 0.15) is 42.3 Å². The number of anilines is 1. The van der Waals surface area contributed by atoms with E-state index in [4.69, 9.17) is 9.52 Å². The van der Waals surface area contributed by atoms with Crippen LogP contribution >= 0.6 is 0 Å². The summed E-state index contributed by atoms with van der Waals surface area (Å²) in [6.07, 6.45) is 1.81. The van der Waals surface area contributed by atoms with Gasteiger partial charge < -0.3 is 14.8 Å². The van der Waals surface area contributed by atoms with Crippen LogP contribution in [-0.4, -0.2) is 28.6 Å². The largest absolute Gasteiger partial charge is 0.481 e. The van der Waals surface area contributed by atoms with Gasteiger partial charge in [-0.1, -0.05) is 12.1 Å². The van der Waals surface area contributed by atoms with Crippen LogP contribution in [0.15, 0.2) is 52.2 Å². The van der Waals surface area contributed by atoms with Gasteiger partial charge in [-0.3, -0.25) is 14.4 Å². The summed E-state index contributed by atoms with van der Waals surface area (Å²) in [5, 5.41) is 15.3. The number of amides is 2. The molecule has 0 radical (unpaired) electrons. The van der Waals surface area contributed by atoms with Crippen molar-refractivity contribution in [2.24, 2.45) is 5.10 Å². The second kappa shape index (κ2) is 9.16. The number of hydrazone groups is 1. The first kappa shape index (κ1) is 18.9. The quantitative estimate of drug-likeness (QED) is 0.495. The zero-order valence-electron chi connectivity index (χ0n) is 14.2. The Kier molecular flexibility index (Phi) is 6.67. The molecule has 136 valence electrons. The number of nitrogens with zero attached hydrogens (tertiary/aromatic N) is 1. The van der Waals surface area contributed by atoms with Crippen LogP contribution in [0.2, 0.25) is 0 Å². The highest BCUT2D eigenvalue weighted by molar-refractivity contribution is 6.01. The maximum Gasteiger partial charge on any atom is 0.307 e. The van der Waals surface area contributed by atoms with E-state index in [-0.39, 0.29) is 24.5 Å². The van der Waals surface area contributed by atoms with Gasteiger partial charge in [0.25, 0.3) is 0 Å². The molecule has 0 aliphatic heterocycles. The first-order valence-corrected chi connectivity index (χ1v) is 7.96. The third-order valence-corrected chi connectivity index (χ3v) is 3.45. The van der Waals surface area contributed by atoms with E-state index in [9.17, 15) is 14.4 Å². The average Bonchev–Trinajstić information content (AvgIpc) is 3.14. The van der Waals surface area contributed by atoms with Crippen molar-refractivity contribution in [3.63, 3.8) is 0 Å². The predicted octanol–water partition coefficient (Wildman–Crippen LogP) is 2.63. The molecule has 0 bridgehead atoms. The number of aliphatic carboxylic acids is 1. The van der Waals surface area contributed by atoms with Gasteiger partial charge in [-0.15, -0.1) is 0 Å². The Bertz CT molecular complexity index is 795. The average molecular weight is 357 g/mol. The molecular formula is C18H19N3O5. The van der Waals surface area contributed by atoms with Gasteiger partial charge in [0.1, 0.15) is 0 Å². The molecule has 0 aliphatic carbocycles. The number of benzene rings is 1. The van der Waals surface area contributed by atoms with Crippen molar-refractivity contribution in [2.45, 2.75) is 26.2 Å². The minimum atomic E-state index is -0.920. The van der Waals surface area contributed by atoms with E-state index in [0.717, 1.165) is 5.56 Å². The van der Waals surface area contributed by atoms with Gasteiger partial charge in [-0.25, -0.2) is 5.43 Å². The molecule has 0 saturated heterocycles. The Balaban J connectivity index is 1.87. The number of hydrogen-bond acceptors (Lipinski definition) is 5. The fourth-order valence-corrected chi connectivity index (χ4v) is 2.08. The summed E-state index contributed by atoms with van der Waals surface area (Å²) in [5.41, 5.74) is 4.36. The highest BCUT2D eigenvalue weighted by Crippen LogP contribution is 2.11. The summed E-state index contributed by atoms with van der Waals surface area (Å²) < 4.78 is 4.97. The molecule has 0 saturated carbocycles. The molecule has 0 spiro atoms. The van der Waals surface area contributed by atoms with E-state index in [1.54, 1.807) is 37.3 Å². The lowest BCUT2D eigenvalue weighted by atomic mass is 10.1. The standard InChI is InChI=1S/C18H19N3O5/c1-12(20-21-18(25)15-4-3-11-26-15)13-7-9-14(10-8-13)19-16(22)5-2-6-17(23)24/h3-4,7-11H,2,5-6H2,1H3,(H,19,22)(H,21,25)(H,23,24). The Morgan fingerprint density at radius 1 is 1.12 bits per heavy atom. The number of carbonyl (C=O) groups is 3. The molecule has 2 aromatic rings. The fourth-order valence-electron chi connectivity index (χ4n) is 2.08. The lowest BCUT2D eigenvalue weighted by Crippen LogP contribution is -2.18. The van der Waals surface area contributed by atoms with Gasteiger partial charge in [-0.2, -0.15) is 5.10 Å². The monoisotopic (exact) mass is 357 g/mol. The van der Waals surface area contributed by atoms with Crippen LogP contribution in [0.4, 0.5) is 5.69 Å². The third-order valence-electron chi connectivity index (χ3n) is 3.45. The maximum absolute atomic E-state index is 11.7. The molecular weight excluding hydrogens is 338 g/mol. The molecule has 26 heavy (non-hydrogen) atoms. The van der Waals surface area contributed by atoms with Crippen LogP contribution < -0.4 is 10.7 Å². The highest BCUT2D eigenvalue weighted by Gasteiger charge is 2.08. The normalized spacial score (nSPS) is 11.0. The smallest absolute Gasteiger partial charge is 0.307 e. The Hall–Kier alpha value is -3.42. The highest BCUT2D eigenvalue weighted by atomic mass is 16.4. The predicted molar refractivity (Wildman–Crippen MR) is 94.9 cm³/mol. The minimum Gasteiger partial charge on any atom is -0.481 e. The lowest BCUT2D eigenvalue weighted by Gasteiger charge is -2.06. The third kappa shape index (κ3) is 5.90. The van der Waals surface area contributed by atoms with Crippen LogP contribution in [0.5, 0.6) is 0 Å².